The third kappa shape index (κ3) is 8.15. The third-order valence-corrected chi connectivity index (χ3v) is 8.71. The van der Waals surface area contributed by atoms with Crippen molar-refractivity contribution < 1.29 is 15.0 Å². The number of carbonyl (C=O) groups is 1. The van der Waals surface area contributed by atoms with Crippen molar-refractivity contribution in [1.82, 2.24) is 20.4 Å². The molecule has 0 radical (unpaired) electrons. The quantitative estimate of drug-likeness (QED) is 0.510. The van der Waals surface area contributed by atoms with Gasteiger partial charge in [0.25, 0.3) is 5.91 Å². The Morgan fingerprint density at radius 3 is 2.27 bits per heavy atom. The molecule has 9 heteroatoms. The van der Waals surface area contributed by atoms with Crippen LogP contribution in [0.3, 0.4) is 0 Å². The lowest BCUT2D eigenvalue weighted by Gasteiger charge is -2.37. The van der Waals surface area contributed by atoms with Gasteiger partial charge in [0, 0.05) is 38.8 Å². The van der Waals surface area contributed by atoms with Gasteiger partial charge in [0.05, 0.1) is 17.7 Å². The lowest BCUT2D eigenvalue weighted by Crippen LogP contribution is -2.42. The van der Waals surface area contributed by atoms with E-state index in [0.29, 0.717) is 17.3 Å². The maximum atomic E-state index is 12.4. The number of phenols is 1. The van der Waals surface area contributed by atoms with Crippen molar-refractivity contribution >= 4 is 11.7 Å². The van der Waals surface area contributed by atoms with Crippen LogP contribution in [0.5, 0.6) is 5.75 Å². The van der Waals surface area contributed by atoms with E-state index in [1.807, 2.05) is 19.1 Å². The topological polar surface area (TPSA) is 126 Å². The molecular formula is C31H44N6O3. The first-order valence-corrected chi connectivity index (χ1v) is 14.8. The molecule has 3 fully saturated rings. The summed E-state index contributed by atoms with van der Waals surface area (Å²) in [4.78, 5) is 17.2. The Morgan fingerprint density at radius 2 is 1.65 bits per heavy atom. The van der Waals surface area contributed by atoms with Crippen LogP contribution >= 0.6 is 0 Å². The molecule has 1 aliphatic carbocycles. The molecule has 1 aromatic carbocycles. The summed E-state index contributed by atoms with van der Waals surface area (Å²) in [6, 6.07) is 9.26. The number of carbonyl (C=O) groups excluding carboxylic acids is 1. The van der Waals surface area contributed by atoms with Crippen molar-refractivity contribution in [3.63, 3.8) is 0 Å². The van der Waals surface area contributed by atoms with Gasteiger partial charge in [-0.1, -0.05) is 19.3 Å². The van der Waals surface area contributed by atoms with Crippen LogP contribution in [-0.4, -0.2) is 76.1 Å². The molecular weight excluding hydrogens is 504 g/mol. The molecule has 2 aromatic rings. The zero-order chi connectivity index (χ0) is 28.5. The van der Waals surface area contributed by atoms with Crippen LogP contribution in [0.25, 0.3) is 0 Å². The van der Waals surface area contributed by atoms with Crippen LogP contribution in [0.1, 0.15) is 85.0 Å². The Balaban J connectivity index is 0.000000283. The van der Waals surface area contributed by atoms with Crippen molar-refractivity contribution in [2.45, 2.75) is 83.8 Å². The van der Waals surface area contributed by atoms with E-state index in [1.54, 1.807) is 19.1 Å². The summed E-state index contributed by atoms with van der Waals surface area (Å²) in [5.74, 6) is 1.75. The average Bonchev–Trinajstić information content (AvgIpc) is 2.99. The van der Waals surface area contributed by atoms with Crippen molar-refractivity contribution in [1.29, 1.82) is 5.26 Å². The van der Waals surface area contributed by atoms with E-state index in [4.69, 9.17) is 5.26 Å². The van der Waals surface area contributed by atoms with Gasteiger partial charge in [-0.2, -0.15) is 5.26 Å². The number of nitriles is 1. The number of aromatic hydroxyl groups is 1. The van der Waals surface area contributed by atoms with Gasteiger partial charge < -0.3 is 25.3 Å². The number of aliphatic hydroxyl groups is 1. The predicted octanol–water partition coefficient (Wildman–Crippen LogP) is 4.09. The fourth-order valence-electron chi connectivity index (χ4n) is 5.86. The van der Waals surface area contributed by atoms with Crippen molar-refractivity contribution in [3.05, 3.63) is 46.6 Å². The summed E-state index contributed by atoms with van der Waals surface area (Å²) < 4.78 is 0. The van der Waals surface area contributed by atoms with Gasteiger partial charge in [-0.3, -0.25) is 4.79 Å². The normalized spacial score (nSPS) is 19.4. The lowest BCUT2D eigenvalue weighted by molar-refractivity contribution is 0.0723. The minimum Gasteiger partial charge on any atom is -0.508 e. The predicted molar refractivity (Wildman–Crippen MR) is 155 cm³/mol. The molecule has 3 heterocycles. The molecule has 40 heavy (non-hydrogen) atoms. The second-order valence-electron chi connectivity index (χ2n) is 11.5. The standard InChI is InChI=1S/C22H35N5O2.C9H9NO/c28-19-10-12-26(13-11-19)16-17-8-14-27(15-9-17)21-7-6-20(24-25-21)22(29)23-18-4-2-1-3-5-18;1-6-7(2)9(11)4-3-8(6)5-10/h6-7,17-19,28H,1-5,8-16H2,(H,23,29);3-4,11H,1-2H3. The third-order valence-electron chi connectivity index (χ3n) is 8.71. The minimum atomic E-state index is -0.0978. The van der Waals surface area contributed by atoms with E-state index in [9.17, 15) is 15.0 Å². The van der Waals surface area contributed by atoms with Gasteiger partial charge in [0.1, 0.15) is 5.75 Å². The molecule has 0 unspecified atom stereocenters. The molecule has 0 atom stereocenters. The molecule has 1 amide bonds. The second kappa shape index (κ2) is 14.4. The van der Waals surface area contributed by atoms with Crippen LogP contribution < -0.4 is 10.2 Å². The van der Waals surface area contributed by atoms with E-state index < -0.39 is 0 Å². The number of hydrogen-bond acceptors (Lipinski definition) is 8. The molecule has 2 saturated heterocycles. The van der Waals surface area contributed by atoms with Crippen LogP contribution in [0, 0.1) is 31.1 Å². The highest BCUT2D eigenvalue weighted by Crippen LogP contribution is 2.24. The molecule has 9 nitrogen and oxygen atoms in total. The maximum Gasteiger partial charge on any atom is 0.272 e. The summed E-state index contributed by atoms with van der Waals surface area (Å²) in [5.41, 5.74) is 2.68. The number of benzene rings is 1. The maximum absolute atomic E-state index is 12.4. The SMILES string of the molecule is Cc1c(O)ccc(C#N)c1C.O=C(NC1CCCCC1)c1ccc(N2CCC(CN3CCC(O)CC3)CC2)nn1. The number of aromatic nitrogens is 2. The highest BCUT2D eigenvalue weighted by Gasteiger charge is 2.25. The number of piperidine rings is 2. The molecule has 2 aliphatic heterocycles. The van der Waals surface area contributed by atoms with Gasteiger partial charge in [-0.05, 0) is 93.7 Å². The summed E-state index contributed by atoms with van der Waals surface area (Å²) in [5, 5.41) is 39.1. The number of nitrogens with one attached hydrogen (secondary N) is 1. The first-order valence-electron chi connectivity index (χ1n) is 14.8. The number of nitrogens with zero attached hydrogens (tertiary/aromatic N) is 5. The Hall–Kier alpha value is -3.22. The van der Waals surface area contributed by atoms with E-state index in [1.165, 1.54) is 19.3 Å². The number of anilines is 1. The first-order chi connectivity index (χ1) is 19.3. The van der Waals surface area contributed by atoms with Gasteiger partial charge in [0.2, 0.25) is 0 Å². The Bertz CT molecular complexity index is 1140. The minimum absolute atomic E-state index is 0.0960. The van der Waals surface area contributed by atoms with Crippen molar-refractivity contribution in [3.8, 4) is 11.8 Å². The molecule has 0 spiro atoms. The summed E-state index contributed by atoms with van der Waals surface area (Å²) >= 11 is 0. The molecule has 1 aromatic heterocycles. The molecule has 1 saturated carbocycles. The molecule has 3 N–H and O–H groups in total. The Morgan fingerprint density at radius 1 is 0.950 bits per heavy atom. The smallest absolute Gasteiger partial charge is 0.272 e. The number of rotatable bonds is 5. The van der Waals surface area contributed by atoms with Gasteiger partial charge >= 0.3 is 0 Å². The Kier molecular flexibility index (Phi) is 10.7. The number of likely N-dealkylation sites (tertiary alicyclic amines) is 1. The summed E-state index contributed by atoms with van der Waals surface area (Å²) in [6.07, 6.45) is 9.86. The lowest BCUT2D eigenvalue weighted by atomic mass is 9.95. The monoisotopic (exact) mass is 548 g/mol. The van der Waals surface area contributed by atoms with E-state index in [0.717, 1.165) is 94.1 Å². The number of amides is 1. The van der Waals surface area contributed by atoms with Crippen LogP contribution in [0.4, 0.5) is 5.82 Å². The average molecular weight is 549 g/mol. The molecule has 3 aliphatic rings. The van der Waals surface area contributed by atoms with E-state index in [-0.39, 0.29) is 17.8 Å². The number of aliphatic hydroxyl groups excluding tert-OH is 1. The summed E-state index contributed by atoms with van der Waals surface area (Å²) in [7, 11) is 0. The van der Waals surface area contributed by atoms with Gasteiger partial charge in [-0.25, -0.2) is 0 Å². The zero-order valence-electron chi connectivity index (χ0n) is 24.0. The number of phenolic OH excluding ortho intramolecular Hbond substituents is 1. The van der Waals surface area contributed by atoms with Crippen molar-refractivity contribution in [2.75, 3.05) is 37.6 Å². The van der Waals surface area contributed by atoms with E-state index in [2.05, 4.69) is 31.4 Å². The van der Waals surface area contributed by atoms with Gasteiger partial charge in [-0.15, -0.1) is 10.2 Å². The Labute approximate surface area is 238 Å². The number of hydrogen-bond donors (Lipinski definition) is 3. The first kappa shape index (κ1) is 29.8. The van der Waals surface area contributed by atoms with Crippen molar-refractivity contribution in [2.24, 2.45) is 5.92 Å². The molecule has 0 bridgehead atoms. The largest absolute Gasteiger partial charge is 0.508 e. The highest BCUT2D eigenvalue weighted by molar-refractivity contribution is 5.92. The van der Waals surface area contributed by atoms with Crippen LogP contribution in [0.2, 0.25) is 0 Å². The highest BCUT2D eigenvalue weighted by atomic mass is 16.3. The molecule has 216 valence electrons. The molecule has 5 rings (SSSR count). The van der Waals surface area contributed by atoms with E-state index >= 15 is 0 Å². The van der Waals surface area contributed by atoms with Crippen LogP contribution in [0.15, 0.2) is 24.3 Å². The second-order valence-corrected chi connectivity index (χ2v) is 11.5. The fraction of sp³-hybridized carbons (Fsp3) is 0.613. The van der Waals surface area contributed by atoms with Gasteiger partial charge in [0.15, 0.2) is 11.5 Å². The van der Waals surface area contributed by atoms with Crippen LogP contribution in [-0.2, 0) is 0 Å². The fourth-order valence-corrected chi connectivity index (χ4v) is 5.86. The summed E-state index contributed by atoms with van der Waals surface area (Å²) in [6.45, 7) is 8.80. The zero-order valence-corrected chi connectivity index (χ0v) is 24.0.